The lowest BCUT2D eigenvalue weighted by Gasteiger charge is -1.95. The van der Waals surface area contributed by atoms with Crippen molar-refractivity contribution in [3.63, 3.8) is 0 Å². The number of hydrogen-bond acceptors (Lipinski definition) is 1. The van der Waals surface area contributed by atoms with Gasteiger partial charge in [-0.2, -0.15) is 0 Å². The molecule has 0 spiro atoms. The van der Waals surface area contributed by atoms with E-state index in [0.717, 1.165) is 17.1 Å². The first-order valence-electron chi connectivity index (χ1n) is 4.55. The van der Waals surface area contributed by atoms with Gasteiger partial charge in [-0.25, -0.2) is 9.37 Å². The second kappa shape index (κ2) is 4.03. The van der Waals surface area contributed by atoms with Crippen LogP contribution in [0.5, 0.6) is 0 Å². The highest BCUT2D eigenvalue weighted by Crippen LogP contribution is 2.19. The molecule has 0 aliphatic rings. The van der Waals surface area contributed by atoms with Crippen molar-refractivity contribution in [3.05, 3.63) is 42.1 Å². The number of benzene rings is 1. The minimum Gasteiger partial charge on any atom is -0.336 e. The maximum atomic E-state index is 13.0. The quantitative estimate of drug-likeness (QED) is 0.718. The van der Waals surface area contributed by atoms with Crippen molar-refractivity contribution in [1.82, 2.24) is 9.55 Å². The highest BCUT2D eigenvalue weighted by molar-refractivity contribution is 6.16. The fourth-order valence-electron chi connectivity index (χ4n) is 1.42. The Morgan fingerprint density at radius 1 is 1.47 bits per heavy atom. The molecule has 4 heteroatoms. The average Bonchev–Trinajstić information content (AvgIpc) is 2.60. The predicted molar refractivity (Wildman–Crippen MR) is 58.2 cm³/mol. The van der Waals surface area contributed by atoms with Crippen LogP contribution in [-0.2, 0) is 12.9 Å². The highest BCUT2D eigenvalue weighted by atomic mass is 35.5. The number of hydrogen-bond donors (Lipinski definition) is 0. The average molecular weight is 225 g/mol. The summed E-state index contributed by atoms with van der Waals surface area (Å²) in [5, 5.41) is 0. The van der Waals surface area contributed by atoms with Gasteiger partial charge in [0.2, 0.25) is 0 Å². The molecule has 2 aromatic rings. The maximum absolute atomic E-state index is 13.0. The SMILES string of the molecule is Cn1cc(-c2cccc(F)c2)nc1CCl. The topological polar surface area (TPSA) is 17.8 Å². The third-order valence-corrected chi connectivity index (χ3v) is 2.45. The van der Waals surface area contributed by atoms with Gasteiger partial charge in [0.05, 0.1) is 11.6 Å². The van der Waals surface area contributed by atoms with E-state index in [1.165, 1.54) is 12.1 Å². The summed E-state index contributed by atoms with van der Waals surface area (Å²) >= 11 is 5.71. The summed E-state index contributed by atoms with van der Waals surface area (Å²) in [6.45, 7) is 0. The van der Waals surface area contributed by atoms with Crippen molar-refractivity contribution in [3.8, 4) is 11.3 Å². The highest BCUT2D eigenvalue weighted by Gasteiger charge is 2.06. The van der Waals surface area contributed by atoms with Crippen LogP contribution in [0, 0.1) is 5.82 Å². The molecule has 2 nitrogen and oxygen atoms in total. The molecule has 1 aromatic carbocycles. The van der Waals surface area contributed by atoms with E-state index >= 15 is 0 Å². The zero-order chi connectivity index (χ0) is 10.8. The van der Waals surface area contributed by atoms with E-state index in [-0.39, 0.29) is 5.82 Å². The minimum atomic E-state index is -0.259. The molecule has 0 atom stereocenters. The Balaban J connectivity index is 2.45. The van der Waals surface area contributed by atoms with Crippen molar-refractivity contribution in [2.45, 2.75) is 5.88 Å². The molecule has 78 valence electrons. The number of nitrogens with zero attached hydrogens (tertiary/aromatic N) is 2. The van der Waals surface area contributed by atoms with Gasteiger partial charge in [-0.3, -0.25) is 0 Å². The molecule has 1 aromatic heterocycles. The van der Waals surface area contributed by atoms with Crippen LogP contribution in [0.25, 0.3) is 11.3 Å². The van der Waals surface area contributed by atoms with E-state index in [2.05, 4.69) is 4.98 Å². The first-order chi connectivity index (χ1) is 7.20. The van der Waals surface area contributed by atoms with Crippen molar-refractivity contribution >= 4 is 11.6 Å². The lowest BCUT2D eigenvalue weighted by molar-refractivity contribution is 0.628. The predicted octanol–water partition coefficient (Wildman–Crippen LogP) is 2.97. The fraction of sp³-hybridized carbons (Fsp3) is 0.182. The molecular weight excluding hydrogens is 215 g/mol. The molecule has 0 fully saturated rings. The Labute approximate surface area is 92.3 Å². The Kier molecular flexibility index (Phi) is 2.73. The third-order valence-electron chi connectivity index (χ3n) is 2.21. The van der Waals surface area contributed by atoms with E-state index in [1.807, 2.05) is 23.9 Å². The molecule has 1 heterocycles. The molecular formula is C11H10ClFN2. The Bertz CT molecular complexity index is 479. The van der Waals surface area contributed by atoms with Crippen molar-refractivity contribution < 1.29 is 4.39 Å². The molecule has 0 N–H and O–H groups in total. The van der Waals surface area contributed by atoms with Crippen LogP contribution in [0.1, 0.15) is 5.82 Å². The van der Waals surface area contributed by atoms with Gasteiger partial charge in [0.15, 0.2) is 0 Å². The second-order valence-electron chi connectivity index (χ2n) is 3.30. The normalized spacial score (nSPS) is 10.6. The molecule has 0 unspecified atom stereocenters. The van der Waals surface area contributed by atoms with E-state index in [1.54, 1.807) is 6.07 Å². The largest absolute Gasteiger partial charge is 0.336 e. The van der Waals surface area contributed by atoms with E-state index in [0.29, 0.717) is 5.88 Å². The van der Waals surface area contributed by atoms with Crippen LogP contribution >= 0.6 is 11.6 Å². The van der Waals surface area contributed by atoms with Crippen molar-refractivity contribution in [2.75, 3.05) is 0 Å². The van der Waals surface area contributed by atoms with Crippen molar-refractivity contribution in [1.29, 1.82) is 0 Å². The lowest BCUT2D eigenvalue weighted by Crippen LogP contribution is -1.91. The van der Waals surface area contributed by atoms with Crippen LogP contribution in [0.3, 0.4) is 0 Å². The Morgan fingerprint density at radius 2 is 2.27 bits per heavy atom. The first kappa shape index (κ1) is 10.2. The van der Waals surface area contributed by atoms with Gasteiger partial charge in [-0.15, -0.1) is 11.6 Å². The molecule has 0 aliphatic carbocycles. The van der Waals surface area contributed by atoms with Gasteiger partial charge in [0.1, 0.15) is 11.6 Å². The summed E-state index contributed by atoms with van der Waals surface area (Å²) in [5.74, 6) is 0.868. The fourth-order valence-corrected chi connectivity index (χ4v) is 1.66. The minimum absolute atomic E-state index is 0.259. The van der Waals surface area contributed by atoms with Gasteiger partial charge in [0.25, 0.3) is 0 Å². The second-order valence-corrected chi connectivity index (χ2v) is 3.56. The Morgan fingerprint density at radius 3 is 2.87 bits per heavy atom. The number of aryl methyl sites for hydroxylation is 1. The summed E-state index contributed by atoms with van der Waals surface area (Å²) in [5.41, 5.74) is 1.51. The summed E-state index contributed by atoms with van der Waals surface area (Å²) in [4.78, 5) is 4.30. The van der Waals surface area contributed by atoms with Crippen LogP contribution in [0.2, 0.25) is 0 Å². The molecule has 15 heavy (non-hydrogen) atoms. The van der Waals surface area contributed by atoms with Gasteiger partial charge in [0, 0.05) is 18.8 Å². The lowest BCUT2D eigenvalue weighted by atomic mass is 10.2. The summed E-state index contributed by atoms with van der Waals surface area (Å²) in [6, 6.07) is 6.36. The molecule has 0 saturated carbocycles. The van der Waals surface area contributed by atoms with Gasteiger partial charge in [-0.1, -0.05) is 12.1 Å². The third kappa shape index (κ3) is 2.02. The number of imidazole rings is 1. The smallest absolute Gasteiger partial charge is 0.124 e. The zero-order valence-electron chi connectivity index (χ0n) is 8.24. The maximum Gasteiger partial charge on any atom is 0.124 e. The monoisotopic (exact) mass is 224 g/mol. The number of rotatable bonds is 2. The van der Waals surface area contributed by atoms with Crippen LogP contribution in [-0.4, -0.2) is 9.55 Å². The van der Waals surface area contributed by atoms with Crippen LogP contribution < -0.4 is 0 Å². The van der Waals surface area contributed by atoms with Crippen LogP contribution in [0.4, 0.5) is 4.39 Å². The zero-order valence-corrected chi connectivity index (χ0v) is 9.00. The first-order valence-corrected chi connectivity index (χ1v) is 5.08. The number of aromatic nitrogens is 2. The molecule has 2 rings (SSSR count). The summed E-state index contributed by atoms with van der Waals surface area (Å²) in [7, 11) is 1.87. The van der Waals surface area contributed by atoms with Crippen molar-refractivity contribution in [2.24, 2.45) is 7.05 Å². The standard InChI is InChI=1S/C11H10ClFN2/c1-15-7-10(14-11(15)6-12)8-3-2-4-9(13)5-8/h2-5,7H,6H2,1H3. The molecule has 0 saturated heterocycles. The van der Waals surface area contributed by atoms with Gasteiger partial charge < -0.3 is 4.57 Å². The van der Waals surface area contributed by atoms with E-state index < -0.39 is 0 Å². The van der Waals surface area contributed by atoms with E-state index in [4.69, 9.17) is 11.6 Å². The number of halogens is 2. The summed E-state index contributed by atoms with van der Waals surface area (Å²) < 4.78 is 14.8. The molecule has 0 bridgehead atoms. The van der Waals surface area contributed by atoms with E-state index in [9.17, 15) is 4.39 Å². The van der Waals surface area contributed by atoms with Gasteiger partial charge in [-0.05, 0) is 12.1 Å². The number of alkyl halides is 1. The van der Waals surface area contributed by atoms with Gasteiger partial charge >= 0.3 is 0 Å². The molecule has 0 aliphatic heterocycles. The Hall–Kier alpha value is -1.35. The summed E-state index contributed by atoms with van der Waals surface area (Å²) in [6.07, 6.45) is 1.84. The van der Waals surface area contributed by atoms with Crippen LogP contribution in [0.15, 0.2) is 30.5 Å². The molecule has 0 radical (unpaired) electrons. The molecule has 0 amide bonds.